The van der Waals surface area contributed by atoms with E-state index < -0.39 is 0 Å². The zero-order valence-corrected chi connectivity index (χ0v) is 2.99. The molecular formula is C2H6N2O. The van der Waals surface area contributed by atoms with Gasteiger partial charge in [-0.05, 0) is 0 Å². The molecule has 0 aromatic rings. The third kappa shape index (κ3) is 3.27. The lowest BCUT2D eigenvalue weighted by atomic mass is 11.7. The summed E-state index contributed by atoms with van der Waals surface area (Å²) in [7, 11) is 1.35. The van der Waals surface area contributed by atoms with Crippen molar-refractivity contribution in [2.75, 3.05) is 7.11 Å². The summed E-state index contributed by atoms with van der Waals surface area (Å²) in [5.41, 5.74) is 4.65. The molecule has 5 heavy (non-hydrogen) atoms. The van der Waals surface area contributed by atoms with E-state index in [0.29, 0.717) is 0 Å². The lowest BCUT2D eigenvalue weighted by molar-refractivity contribution is 0.393. The van der Waals surface area contributed by atoms with Crippen LogP contribution in [0.3, 0.4) is 0 Å². The first-order valence-electron chi connectivity index (χ1n) is 1.15. The molecule has 0 atom stereocenters. The minimum atomic E-state index is -0.245. The fourth-order valence-electron chi connectivity index (χ4n) is 0. The topological polar surface area (TPSA) is 59.1 Å². The van der Waals surface area contributed by atoms with Crippen LogP contribution in [0.1, 0.15) is 0 Å². The Balaban J connectivity index is 2.85. The monoisotopic (exact) mass is 77.0 g/mol. The summed E-state index contributed by atoms with van der Waals surface area (Å²) in [4.78, 5) is 0. The highest BCUT2D eigenvalue weighted by Gasteiger charge is 1.68. The number of methoxy groups -OCH3 is 1. The van der Waals surface area contributed by atoms with Gasteiger partial charge in [0.2, 0.25) is 0 Å². The van der Waals surface area contributed by atoms with Gasteiger partial charge in [0.15, 0.2) is 0 Å². The molecule has 0 bridgehead atoms. The van der Waals surface area contributed by atoms with Crippen molar-refractivity contribution < 1.29 is 4.74 Å². The Bertz CT molecular complexity index is 42.9. The number of amidine groups is 1. The maximum absolute atomic E-state index is 6.30. The molecule has 3 heteroatoms. The Labute approximate surface area is 30.2 Å². The zero-order valence-electron chi connectivity index (χ0n) is 2.99. The van der Waals surface area contributed by atoms with E-state index in [0.717, 1.165) is 0 Å². The Kier molecular flexibility index (Phi) is 1.35. The maximum Gasteiger partial charge on any atom is 0.278 e. The summed E-state index contributed by atoms with van der Waals surface area (Å²) >= 11 is 0. The van der Waals surface area contributed by atoms with Crippen molar-refractivity contribution in [1.82, 2.24) is 0 Å². The zero-order chi connectivity index (χ0) is 4.28. The van der Waals surface area contributed by atoms with Crippen molar-refractivity contribution in [3.63, 3.8) is 0 Å². The van der Waals surface area contributed by atoms with Crippen LogP contribution in [0.25, 0.3) is 0 Å². The summed E-state index contributed by atoms with van der Waals surface area (Å²) < 4.78 is 4.11. The summed E-state index contributed by atoms with van der Waals surface area (Å²) in [5.74, 6) is 0. The second-order valence-corrected chi connectivity index (χ2v) is 0.568. The fourth-order valence-corrected chi connectivity index (χ4v) is 0. The molecule has 0 fully saturated rings. The molecule has 30 valence electrons. The van der Waals surface area contributed by atoms with Gasteiger partial charge in [-0.15, -0.1) is 0 Å². The SMILES string of the molecule is CO[13C](=[15NH])[15NH2]. The lowest BCUT2D eigenvalue weighted by Gasteiger charge is -1.85. The van der Waals surface area contributed by atoms with E-state index in [-0.39, 0.29) is 6.02 Å². The standard InChI is InChI=1S/C2H6N2O/c1-5-2(3)4/h1H3,(H3,3,4)/i2+1,3+1,4+1. The van der Waals surface area contributed by atoms with E-state index in [9.17, 15) is 0 Å². The second kappa shape index (κ2) is 1.58. The van der Waals surface area contributed by atoms with Gasteiger partial charge in [0.1, 0.15) is 0 Å². The van der Waals surface area contributed by atoms with Crippen LogP contribution in [0.5, 0.6) is 0 Å². The first-order valence-corrected chi connectivity index (χ1v) is 1.15. The molecule has 0 radical (unpaired) electrons. The molecule has 0 heterocycles. The van der Waals surface area contributed by atoms with Crippen LogP contribution in [0.4, 0.5) is 0 Å². The number of hydrogen-bond acceptors (Lipinski definition) is 2. The smallest absolute Gasteiger partial charge is 0.278 e. The highest BCUT2D eigenvalue weighted by molar-refractivity contribution is 5.67. The van der Waals surface area contributed by atoms with E-state index in [1.807, 2.05) is 0 Å². The molecule has 0 saturated carbocycles. The first kappa shape index (κ1) is 4.27. The Morgan fingerprint density at radius 1 is 2.00 bits per heavy atom. The van der Waals surface area contributed by atoms with Crippen LogP contribution < -0.4 is 5.73 Å². The van der Waals surface area contributed by atoms with E-state index >= 15 is 0 Å². The van der Waals surface area contributed by atoms with Crippen LogP contribution in [0.2, 0.25) is 0 Å². The van der Waals surface area contributed by atoms with Crippen LogP contribution >= 0.6 is 0 Å². The quantitative estimate of drug-likeness (QED) is 0.178. The van der Waals surface area contributed by atoms with Crippen molar-refractivity contribution in [2.45, 2.75) is 0 Å². The molecule has 0 rings (SSSR count). The highest BCUT2D eigenvalue weighted by Crippen LogP contribution is 1.50. The van der Waals surface area contributed by atoms with E-state index in [4.69, 9.17) is 5.41 Å². The molecular weight excluding hydrogens is 71.0 g/mol. The minimum Gasteiger partial charge on any atom is -0.469 e. The average Bonchev–Trinajstić information content (AvgIpc) is 1.38. The number of rotatable bonds is 0. The van der Waals surface area contributed by atoms with Gasteiger partial charge in [-0.1, -0.05) is 0 Å². The molecule has 0 aromatic carbocycles. The molecule has 3 N–H and O–H groups in total. The molecule has 0 aromatic heterocycles. The van der Waals surface area contributed by atoms with Gasteiger partial charge in [0.05, 0.1) is 7.11 Å². The molecule has 0 unspecified atom stereocenters. The number of ether oxygens (including phenoxy) is 1. The molecule has 0 aliphatic rings. The van der Waals surface area contributed by atoms with E-state index in [1.54, 1.807) is 0 Å². The average molecular weight is 77.1 g/mol. The summed E-state index contributed by atoms with van der Waals surface area (Å²) in [6.07, 6.45) is 0. The third-order valence-corrected chi connectivity index (χ3v) is 0.220. The number of nitrogens with one attached hydrogen (secondary N) is 1. The number of hydrogen-bond donors (Lipinski definition) is 2. The molecule has 0 aliphatic heterocycles. The minimum absolute atomic E-state index is 0.245. The van der Waals surface area contributed by atoms with Gasteiger partial charge < -0.3 is 10.5 Å². The summed E-state index contributed by atoms with van der Waals surface area (Å²) in [6, 6.07) is -0.245. The van der Waals surface area contributed by atoms with Gasteiger partial charge in [0, 0.05) is 0 Å². The van der Waals surface area contributed by atoms with Crippen LogP contribution in [-0.2, 0) is 4.74 Å². The largest absolute Gasteiger partial charge is 0.469 e. The van der Waals surface area contributed by atoms with Crippen molar-refractivity contribution in [3.05, 3.63) is 0 Å². The Morgan fingerprint density at radius 2 is 2.20 bits per heavy atom. The predicted molar refractivity (Wildman–Crippen MR) is 18.9 cm³/mol. The van der Waals surface area contributed by atoms with Crippen molar-refractivity contribution in [3.8, 4) is 0 Å². The second-order valence-electron chi connectivity index (χ2n) is 0.568. The summed E-state index contributed by atoms with van der Waals surface area (Å²) in [6.45, 7) is 0. The van der Waals surface area contributed by atoms with Crippen LogP contribution in [0, 0.1) is 5.41 Å². The van der Waals surface area contributed by atoms with Crippen molar-refractivity contribution in [1.29, 1.82) is 5.41 Å². The maximum atomic E-state index is 6.30. The molecule has 0 amide bonds. The highest BCUT2D eigenvalue weighted by atomic mass is 16.6. The van der Waals surface area contributed by atoms with Gasteiger partial charge in [-0.2, -0.15) is 0 Å². The van der Waals surface area contributed by atoms with Crippen LogP contribution in [0.15, 0.2) is 0 Å². The van der Waals surface area contributed by atoms with Gasteiger partial charge in [-0.25, -0.2) is 0 Å². The molecule has 3 nitrogen and oxygen atoms in total. The Hall–Kier alpha value is -0.730. The molecule has 0 spiro atoms. The van der Waals surface area contributed by atoms with E-state index in [2.05, 4.69) is 10.5 Å². The first-order chi connectivity index (χ1) is 2.27. The number of nitrogens with two attached hydrogens (primary N) is 1. The normalized spacial score (nSPS) is 6.60. The molecule has 0 aliphatic carbocycles. The van der Waals surface area contributed by atoms with Gasteiger partial charge in [-0.3, -0.25) is 5.41 Å². The lowest BCUT2D eigenvalue weighted by Crippen LogP contribution is -2.10. The Morgan fingerprint density at radius 3 is 2.20 bits per heavy atom. The van der Waals surface area contributed by atoms with Gasteiger partial charge in [0.25, 0.3) is 6.02 Å². The fraction of sp³-hybridized carbons (Fsp3) is 0.500. The molecule has 0 saturated heterocycles. The summed E-state index contributed by atoms with van der Waals surface area (Å²) in [5, 5.41) is 6.30. The van der Waals surface area contributed by atoms with Crippen molar-refractivity contribution >= 4 is 6.02 Å². The van der Waals surface area contributed by atoms with Gasteiger partial charge >= 0.3 is 0 Å². The van der Waals surface area contributed by atoms with Crippen LogP contribution in [-0.4, -0.2) is 13.1 Å². The third-order valence-electron chi connectivity index (χ3n) is 0.220. The van der Waals surface area contributed by atoms with E-state index in [1.165, 1.54) is 7.11 Å². The van der Waals surface area contributed by atoms with Crippen molar-refractivity contribution in [2.24, 2.45) is 5.73 Å². The predicted octanol–water partition coefficient (Wildman–Crippen LogP) is -0.474.